The Bertz CT molecular complexity index is 977. The predicted molar refractivity (Wildman–Crippen MR) is 129 cm³/mol. The van der Waals surface area contributed by atoms with Crippen molar-refractivity contribution in [3.05, 3.63) is 58.0 Å². The van der Waals surface area contributed by atoms with Gasteiger partial charge >= 0.3 is 0 Å². The molecular formula is C27H40Si. The van der Waals surface area contributed by atoms with Crippen molar-refractivity contribution < 1.29 is 0 Å². The Kier molecular flexibility index (Phi) is 4.83. The third kappa shape index (κ3) is 3.41. The molecule has 0 spiro atoms. The maximum absolute atomic E-state index is 2.57. The van der Waals surface area contributed by atoms with Gasteiger partial charge in [0.2, 0.25) is 0 Å². The zero-order valence-corrected chi connectivity index (χ0v) is 21.0. The molecular weight excluding hydrogens is 352 g/mol. The summed E-state index contributed by atoms with van der Waals surface area (Å²) in [4.78, 5) is 0. The Balaban J connectivity index is 2.41. The molecule has 1 aromatic carbocycles. The van der Waals surface area contributed by atoms with E-state index in [-0.39, 0.29) is 10.8 Å². The summed E-state index contributed by atoms with van der Waals surface area (Å²) >= 11 is 0. The average Bonchev–Trinajstić information content (AvgIpc) is 2.85. The van der Waals surface area contributed by atoms with E-state index in [9.17, 15) is 0 Å². The highest BCUT2D eigenvalue weighted by Gasteiger charge is 2.44. The summed E-state index contributed by atoms with van der Waals surface area (Å²) in [5, 5.41) is 5.07. The second-order valence-electron chi connectivity index (χ2n) is 12.4. The molecule has 28 heavy (non-hydrogen) atoms. The fourth-order valence-electron chi connectivity index (χ4n) is 4.35. The molecule has 152 valence electrons. The Morgan fingerprint density at radius 3 is 1.89 bits per heavy atom. The van der Waals surface area contributed by atoms with Gasteiger partial charge in [0.1, 0.15) is 0 Å². The van der Waals surface area contributed by atoms with E-state index < -0.39 is 8.07 Å². The van der Waals surface area contributed by atoms with Crippen LogP contribution in [0.15, 0.2) is 42.0 Å². The molecule has 0 aliphatic heterocycles. The number of allylic oxidation sites excluding steroid dienone is 4. The third-order valence-electron chi connectivity index (χ3n) is 7.33. The zero-order valence-electron chi connectivity index (χ0n) is 20.0. The molecule has 0 saturated carbocycles. The van der Waals surface area contributed by atoms with Gasteiger partial charge in [0.15, 0.2) is 0 Å². The van der Waals surface area contributed by atoms with E-state index in [0.29, 0.717) is 11.0 Å². The summed E-state index contributed by atoms with van der Waals surface area (Å²) in [6, 6.07) is 7.31. The van der Waals surface area contributed by atoms with E-state index >= 15 is 0 Å². The molecule has 0 bridgehead atoms. The van der Waals surface area contributed by atoms with Crippen molar-refractivity contribution in [1.82, 2.24) is 0 Å². The molecule has 0 amide bonds. The lowest BCUT2D eigenvalue weighted by atomic mass is 9.80. The van der Waals surface area contributed by atoms with E-state index in [1.54, 1.807) is 5.20 Å². The monoisotopic (exact) mass is 392 g/mol. The maximum atomic E-state index is 2.57. The fraction of sp³-hybridized carbons (Fsp3) is 0.556. The molecule has 1 unspecified atom stereocenters. The van der Waals surface area contributed by atoms with Gasteiger partial charge in [-0.1, -0.05) is 117 Å². The molecule has 1 atom stereocenters. The van der Waals surface area contributed by atoms with Crippen molar-refractivity contribution in [2.45, 2.75) is 85.9 Å². The van der Waals surface area contributed by atoms with Crippen molar-refractivity contribution in [2.24, 2.45) is 11.3 Å². The largest absolute Gasteiger partial charge is 0.0827 e. The number of hydrogen-bond donors (Lipinski definition) is 0. The summed E-state index contributed by atoms with van der Waals surface area (Å²) in [5.41, 5.74) is 4.77. The van der Waals surface area contributed by atoms with Gasteiger partial charge in [-0.25, -0.2) is 0 Å². The first-order chi connectivity index (χ1) is 12.5. The summed E-state index contributed by atoms with van der Waals surface area (Å²) in [5.74, 6) is 0.456. The summed E-state index contributed by atoms with van der Waals surface area (Å²) in [7, 11) is -1.65. The Hall–Kier alpha value is -1.34. The molecule has 0 aromatic heterocycles. The molecule has 0 radical (unpaired) electrons. The Morgan fingerprint density at radius 2 is 1.39 bits per heavy atom. The molecule has 1 aromatic rings. The van der Waals surface area contributed by atoms with Crippen LogP contribution in [0.3, 0.4) is 0 Å². The van der Waals surface area contributed by atoms with Crippen LogP contribution >= 0.6 is 0 Å². The van der Waals surface area contributed by atoms with Gasteiger partial charge in [0.25, 0.3) is 0 Å². The normalized spacial score (nSPS) is 20.2. The fourth-order valence-corrected chi connectivity index (χ4v) is 7.08. The van der Waals surface area contributed by atoms with E-state index in [1.807, 2.05) is 0 Å². The lowest BCUT2D eigenvalue weighted by Gasteiger charge is -2.41. The van der Waals surface area contributed by atoms with E-state index in [0.717, 1.165) is 0 Å². The number of hydrogen-bond acceptors (Lipinski definition) is 0. The Morgan fingerprint density at radius 1 is 0.786 bits per heavy atom. The van der Waals surface area contributed by atoms with Crippen molar-refractivity contribution in [2.75, 3.05) is 0 Å². The zero-order chi connectivity index (χ0) is 21.3. The number of rotatable bonds is 1. The van der Waals surface area contributed by atoms with Gasteiger partial charge in [0, 0.05) is 5.92 Å². The van der Waals surface area contributed by atoms with Crippen LogP contribution in [-0.4, -0.2) is 8.07 Å². The smallest absolute Gasteiger partial charge is 0.0730 e. The van der Waals surface area contributed by atoms with Crippen molar-refractivity contribution in [1.29, 1.82) is 0 Å². The number of benzene rings is 1. The molecule has 1 heteroatoms. The third-order valence-corrected chi connectivity index (χ3v) is 13.0. The molecule has 3 rings (SSSR count). The van der Waals surface area contributed by atoms with Gasteiger partial charge in [-0.2, -0.15) is 0 Å². The predicted octanol–water partition coefficient (Wildman–Crippen LogP) is 6.51. The number of fused-ring (bicyclic) bond motifs is 2. The molecule has 0 nitrogen and oxygen atoms in total. The van der Waals surface area contributed by atoms with Crippen molar-refractivity contribution in [3.8, 4) is 0 Å². The average molecular weight is 393 g/mol. The van der Waals surface area contributed by atoms with Gasteiger partial charge < -0.3 is 0 Å². The van der Waals surface area contributed by atoms with Crippen LogP contribution in [0, 0.1) is 11.3 Å². The van der Waals surface area contributed by atoms with E-state index in [1.165, 1.54) is 27.1 Å². The van der Waals surface area contributed by atoms with Crippen LogP contribution in [0.1, 0.15) is 67.9 Å². The molecule has 2 aliphatic carbocycles. The van der Waals surface area contributed by atoms with Crippen LogP contribution in [0.5, 0.6) is 0 Å². The lowest BCUT2D eigenvalue weighted by molar-refractivity contribution is 0.515. The highest BCUT2D eigenvalue weighted by molar-refractivity contribution is 6.95. The van der Waals surface area contributed by atoms with Crippen LogP contribution < -0.4 is 10.4 Å². The summed E-state index contributed by atoms with van der Waals surface area (Å²) in [6.45, 7) is 26.4. The van der Waals surface area contributed by atoms with Crippen molar-refractivity contribution >= 4 is 18.8 Å². The highest BCUT2D eigenvalue weighted by atomic mass is 28.3. The van der Waals surface area contributed by atoms with Crippen LogP contribution in [0.2, 0.25) is 18.1 Å². The maximum Gasteiger partial charge on any atom is 0.0827 e. The minimum Gasteiger partial charge on any atom is -0.0730 e. The first-order valence-corrected chi connectivity index (χ1v) is 13.8. The van der Waals surface area contributed by atoms with Gasteiger partial charge in [-0.05, 0) is 43.0 Å². The minimum absolute atomic E-state index is 0.173. The molecule has 0 N–H and O–H groups in total. The van der Waals surface area contributed by atoms with Gasteiger partial charge in [-0.3, -0.25) is 0 Å². The van der Waals surface area contributed by atoms with Crippen LogP contribution in [-0.2, 0) is 5.41 Å². The van der Waals surface area contributed by atoms with E-state index in [2.05, 4.69) is 112 Å². The molecule has 0 saturated heterocycles. The SMILES string of the molecule is CC(C)(C)C1=CC2=c3cc(C(C)(C)C)ccc3=C([Si](C)(C)C(C)(C)C)C2C=C1. The summed E-state index contributed by atoms with van der Waals surface area (Å²) < 4.78 is 0. The lowest BCUT2D eigenvalue weighted by Crippen LogP contribution is -2.44. The summed E-state index contributed by atoms with van der Waals surface area (Å²) in [6.07, 6.45) is 7.41. The topological polar surface area (TPSA) is 0 Å². The second-order valence-corrected chi connectivity index (χ2v) is 17.7. The first-order valence-electron chi connectivity index (χ1n) is 10.8. The van der Waals surface area contributed by atoms with Crippen LogP contribution in [0.25, 0.3) is 10.8 Å². The molecule has 2 aliphatic rings. The Labute approximate surface area is 174 Å². The van der Waals surface area contributed by atoms with Crippen molar-refractivity contribution in [3.63, 3.8) is 0 Å². The van der Waals surface area contributed by atoms with E-state index in [4.69, 9.17) is 0 Å². The second kappa shape index (κ2) is 6.33. The molecule has 0 fully saturated rings. The first kappa shape index (κ1) is 21.4. The molecule has 0 heterocycles. The minimum atomic E-state index is -1.65. The van der Waals surface area contributed by atoms with Gasteiger partial charge in [-0.15, -0.1) is 0 Å². The quantitative estimate of drug-likeness (QED) is 0.478. The highest BCUT2D eigenvalue weighted by Crippen LogP contribution is 2.48. The van der Waals surface area contributed by atoms with Gasteiger partial charge in [0.05, 0.1) is 8.07 Å². The van der Waals surface area contributed by atoms with Crippen LogP contribution in [0.4, 0.5) is 0 Å². The standard InChI is InChI=1S/C27H40Si/c1-25(2,3)18-12-14-20-22(16-18)23-17-19(26(4,5)6)13-15-21(23)24(20)28(10,11)27(7,8)9/h12-17,20H,1-11H3.